The number of amides is 1. The van der Waals surface area contributed by atoms with Crippen LogP contribution >= 0.6 is 11.6 Å². The SMILES string of the molecule is Cn1ccc(COc2ccc(-c3ccc(F)c(C4CCC(=O)NC4O)c3Cl)cc2)n1. The van der Waals surface area contributed by atoms with Gasteiger partial charge < -0.3 is 15.2 Å². The zero-order valence-electron chi connectivity index (χ0n) is 16.3. The van der Waals surface area contributed by atoms with Gasteiger partial charge in [-0.25, -0.2) is 4.39 Å². The highest BCUT2D eigenvalue weighted by Crippen LogP contribution is 2.40. The van der Waals surface area contributed by atoms with E-state index in [4.69, 9.17) is 16.3 Å². The third kappa shape index (κ3) is 4.17. The number of carbonyl (C=O) groups excluding carboxylic acids is 1. The molecular weight excluding hydrogens is 409 g/mol. The predicted molar refractivity (Wildman–Crippen MR) is 111 cm³/mol. The molecule has 1 amide bonds. The molecule has 0 aliphatic carbocycles. The topological polar surface area (TPSA) is 76.4 Å². The number of aliphatic hydroxyl groups is 1. The maximum Gasteiger partial charge on any atom is 0.222 e. The van der Waals surface area contributed by atoms with Crippen LogP contribution in [0.25, 0.3) is 11.1 Å². The number of aromatic nitrogens is 2. The quantitative estimate of drug-likeness (QED) is 0.647. The minimum atomic E-state index is -1.17. The molecule has 1 saturated heterocycles. The number of aliphatic hydroxyl groups excluding tert-OH is 1. The third-order valence-electron chi connectivity index (χ3n) is 5.19. The van der Waals surface area contributed by atoms with Crippen LogP contribution in [0.5, 0.6) is 5.75 Å². The average Bonchev–Trinajstić information content (AvgIpc) is 3.14. The lowest BCUT2D eigenvalue weighted by Gasteiger charge is -2.30. The molecule has 1 aliphatic heterocycles. The smallest absolute Gasteiger partial charge is 0.222 e. The van der Waals surface area contributed by atoms with Crippen LogP contribution in [0.2, 0.25) is 5.02 Å². The van der Waals surface area contributed by atoms with Crippen LogP contribution in [0.4, 0.5) is 4.39 Å². The summed E-state index contributed by atoms with van der Waals surface area (Å²) in [5.41, 5.74) is 2.48. The fourth-order valence-corrected chi connectivity index (χ4v) is 4.05. The van der Waals surface area contributed by atoms with E-state index in [1.54, 1.807) is 10.7 Å². The average molecular weight is 430 g/mol. The molecular formula is C22H21ClFN3O3. The molecule has 1 fully saturated rings. The summed E-state index contributed by atoms with van der Waals surface area (Å²) in [6.07, 6.45) is 1.22. The monoisotopic (exact) mass is 429 g/mol. The summed E-state index contributed by atoms with van der Waals surface area (Å²) in [5.74, 6) is -0.684. The van der Waals surface area contributed by atoms with E-state index in [0.717, 1.165) is 11.3 Å². The molecule has 8 heteroatoms. The first-order valence-electron chi connectivity index (χ1n) is 9.59. The molecule has 30 heavy (non-hydrogen) atoms. The van der Waals surface area contributed by atoms with Crippen LogP contribution in [0, 0.1) is 5.82 Å². The fraction of sp³-hybridized carbons (Fsp3) is 0.273. The Morgan fingerprint density at radius 1 is 1.27 bits per heavy atom. The second kappa shape index (κ2) is 8.45. The van der Waals surface area contributed by atoms with E-state index >= 15 is 0 Å². The van der Waals surface area contributed by atoms with Crippen molar-refractivity contribution >= 4 is 17.5 Å². The summed E-state index contributed by atoms with van der Waals surface area (Å²) < 4.78 is 22.1. The first kappa shape index (κ1) is 20.4. The van der Waals surface area contributed by atoms with E-state index < -0.39 is 18.0 Å². The number of hydrogen-bond acceptors (Lipinski definition) is 4. The maximum atomic E-state index is 14.6. The summed E-state index contributed by atoms with van der Waals surface area (Å²) in [6, 6.07) is 12.1. The van der Waals surface area contributed by atoms with Gasteiger partial charge in [0.05, 0.1) is 10.7 Å². The molecule has 2 atom stereocenters. The van der Waals surface area contributed by atoms with E-state index in [-0.39, 0.29) is 22.9 Å². The Morgan fingerprint density at radius 2 is 2.03 bits per heavy atom. The van der Waals surface area contributed by atoms with Crippen molar-refractivity contribution in [1.29, 1.82) is 0 Å². The van der Waals surface area contributed by atoms with Gasteiger partial charge in [0, 0.05) is 36.7 Å². The summed E-state index contributed by atoms with van der Waals surface area (Å²) in [6.45, 7) is 0.354. The molecule has 0 saturated carbocycles. The van der Waals surface area contributed by atoms with Gasteiger partial charge >= 0.3 is 0 Å². The number of nitrogens with one attached hydrogen (secondary N) is 1. The molecule has 6 nitrogen and oxygen atoms in total. The first-order chi connectivity index (χ1) is 14.4. The molecule has 2 heterocycles. The molecule has 2 unspecified atom stereocenters. The van der Waals surface area contributed by atoms with Gasteiger partial charge in [-0.2, -0.15) is 5.10 Å². The van der Waals surface area contributed by atoms with Gasteiger partial charge in [0.25, 0.3) is 0 Å². The zero-order chi connectivity index (χ0) is 21.3. The normalized spacial score (nSPS) is 18.9. The second-order valence-corrected chi connectivity index (χ2v) is 7.65. The van der Waals surface area contributed by atoms with Crippen LogP contribution in [0.1, 0.15) is 30.0 Å². The molecule has 1 aliphatic rings. The van der Waals surface area contributed by atoms with E-state index in [1.807, 2.05) is 43.6 Å². The van der Waals surface area contributed by atoms with Gasteiger partial charge in [-0.1, -0.05) is 23.7 Å². The Bertz CT molecular complexity index is 1070. The third-order valence-corrected chi connectivity index (χ3v) is 5.60. The Kier molecular flexibility index (Phi) is 5.74. The number of halogens is 2. The summed E-state index contributed by atoms with van der Waals surface area (Å²) >= 11 is 6.56. The summed E-state index contributed by atoms with van der Waals surface area (Å²) in [4.78, 5) is 11.5. The number of aryl methyl sites for hydroxylation is 1. The van der Waals surface area contributed by atoms with Crippen LogP contribution in [0.3, 0.4) is 0 Å². The highest BCUT2D eigenvalue weighted by atomic mass is 35.5. The van der Waals surface area contributed by atoms with Crippen LogP contribution in [-0.2, 0) is 18.4 Å². The van der Waals surface area contributed by atoms with Gasteiger partial charge in [-0.15, -0.1) is 0 Å². The summed E-state index contributed by atoms with van der Waals surface area (Å²) in [5, 5.41) is 17.2. The van der Waals surface area contributed by atoms with Gasteiger partial charge in [0.2, 0.25) is 5.91 Å². The molecule has 3 aromatic rings. The zero-order valence-corrected chi connectivity index (χ0v) is 17.1. The van der Waals surface area contributed by atoms with Crippen molar-refractivity contribution in [3.8, 4) is 16.9 Å². The van der Waals surface area contributed by atoms with Crippen molar-refractivity contribution in [3.05, 3.63) is 70.8 Å². The predicted octanol–water partition coefficient (Wildman–Crippen LogP) is 3.77. The van der Waals surface area contributed by atoms with E-state index in [0.29, 0.717) is 24.3 Å². The number of piperidine rings is 1. The van der Waals surface area contributed by atoms with Crippen LogP contribution < -0.4 is 10.1 Å². The van der Waals surface area contributed by atoms with Gasteiger partial charge in [-0.05, 0) is 42.3 Å². The standard InChI is InChI=1S/C22H21ClFN3O3/c1-27-11-10-14(26-27)12-30-15-4-2-13(3-5-15)16-6-8-18(24)20(21(16)23)17-7-9-19(28)25-22(17)29/h2-6,8,10-11,17,22,29H,7,9,12H2,1H3,(H,25,28). The minimum Gasteiger partial charge on any atom is -0.487 e. The van der Waals surface area contributed by atoms with Gasteiger partial charge in [0.1, 0.15) is 24.4 Å². The second-order valence-electron chi connectivity index (χ2n) is 7.27. The lowest BCUT2D eigenvalue weighted by Crippen LogP contribution is -2.43. The highest BCUT2D eigenvalue weighted by Gasteiger charge is 2.32. The molecule has 4 rings (SSSR count). The number of ether oxygens (including phenoxy) is 1. The van der Waals surface area contributed by atoms with Crippen molar-refractivity contribution in [3.63, 3.8) is 0 Å². The van der Waals surface area contributed by atoms with Crippen molar-refractivity contribution < 1.29 is 19.0 Å². The fourth-order valence-electron chi connectivity index (χ4n) is 3.64. The number of benzene rings is 2. The largest absolute Gasteiger partial charge is 0.487 e. The van der Waals surface area contributed by atoms with Crippen LogP contribution in [-0.4, -0.2) is 27.0 Å². The van der Waals surface area contributed by atoms with Crippen molar-refractivity contribution in [2.45, 2.75) is 31.6 Å². The number of carbonyl (C=O) groups is 1. The van der Waals surface area contributed by atoms with Gasteiger partial charge in [0.15, 0.2) is 0 Å². The van der Waals surface area contributed by atoms with E-state index in [9.17, 15) is 14.3 Å². The van der Waals surface area contributed by atoms with Crippen molar-refractivity contribution in [1.82, 2.24) is 15.1 Å². The molecule has 1 aromatic heterocycles. The van der Waals surface area contributed by atoms with Crippen molar-refractivity contribution in [2.24, 2.45) is 7.05 Å². The Hall–Kier alpha value is -2.90. The molecule has 0 bridgehead atoms. The minimum absolute atomic E-state index is 0.212. The first-order valence-corrected chi connectivity index (χ1v) is 9.97. The molecule has 2 aromatic carbocycles. The Balaban J connectivity index is 1.56. The van der Waals surface area contributed by atoms with Gasteiger partial charge in [-0.3, -0.25) is 9.48 Å². The Labute approximate surface area is 178 Å². The van der Waals surface area contributed by atoms with Crippen molar-refractivity contribution in [2.75, 3.05) is 0 Å². The summed E-state index contributed by atoms with van der Waals surface area (Å²) in [7, 11) is 1.85. The van der Waals surface area contributed by atoms with E-state index in [1.165, 1.54) is 6.07 Å². The molecule has 156 valence electrons. The maximum absolute atomic E-state index is 14.6. The lowest BCUT2D eigenvalue weighted by molar-refractivity contribution is -0.127. The number of rotatable bonds is 5. The van der Waals surface area contributed by atoms with E-state index in [2.05, 4.69) is 10.4 Å². The molecule has 0 radical (unpaired) electrons. The number of nitrogens with zero attached hydrogens (tertiary/aromatic N) is 2. The Morgan fingerprint density at radius 3 is 2.70 bits per heavy atom. The van der Waals surface area contributed by atoms with Crippen LogP contribution in [0.15, 0.2) is 48.7 Å². The lowest BCUT2D eigenvalue weighted by atomic mass is 9.87. The molecule has 0 spiro atoms. The molecule has 2 N–H and O–H groups in total. The number of hydrogen-bond donors (Lipinski definition) is 2. The highest BCUT2D eigenvalue weighted by molar-refractivity contribution is 6.34.